The van der Waals surface area contributed by atoms with E-state index in [9.17, 15) is 19.6 Å². The predicted octanol–water partition coefficient (Wildman–Crippen LogP) is 3.13. The van der Waals surface area contributed by atoms with Gasteiger partial charge >= 0.3 is 17.9 Å². The molecule has 1 fully saturated rings. The van der Waals surface area contributed by atoms with Crippen molar-refractivity contribution in [2.45, 2.75) is 55.5 Å². The van der Waals surface area contributed by atoms with E-state index in [-0.39, 0.29) is 6.61 Å². The molecule has 32 heavy (non-hydrogen) atoms. The molecule has 2 unspecified atom stereocenters. The van der Waals surface area contributed by atoms with E-state index < -0.39 is 47.7 Å². The summed E-state index contributed by atoms with van der Waals surface area (Å²) in [5.74, 6) is -1.99. The maximum Gasteiger partial charge on any atom is 0.303 e. The zero-order chi connectivity index (χ0) is 23.8. The van der Waals surface area contributed by atoms with Gasteiger partial charge in [-0.05, 0) is 23.7 Å². The number of benzene rings is 1. The zero-order valence-electron chi connectivity index (χ0n) is 17.3. The molecule has 1 heterocycles. The first-order valence-electron chi connectivity index (χ1n) is 9.19. The Kier molecular flexibility index (Phi) is 9.16. The number of nitrogens with zero attached hydrogens (tertiary/aromatic N) is 4. The van der Waals surface area contributed by atoms with Gasteiger partial charge < -0.3 is 18.9 Å². The van der Waals surface area contributed by atoms with Crippen molar-refractivity contribution in [3.63, 3.8) is 0 Å². The summed E-state index contributed by atoms with van der Waals surface area (Å²) in [5.41, 5.74) is 8.41. The number of rotatable bonds is 7. The van der Waals surface area contributed by atoms with Crippen molar-refractivity contribution in [2.75, 3.05) is 6.61 Å². The molecule has 0 bridgehead atoms. The van der Waals surface area contributed by atoms with Gasteiger partial charge in [-0.1, -0.05) is 28.5 Å². The van der Waals surface area contributed by atoms with Crippen LogP contribution in [0.5, 0.6) is 0 Å². The van der Waals surface area contributed by atoms with Crippen LogP contribution in [0, 0.1) is 11.3 Å². The van der Waals surface area contributed by atoms with Gasteiger partial charge in [-0.15, -0.1) is 0 Å². The van der Waals surface area contributed by atoms with Crippen molar-refractivity contribution in [3.05, 3.63) is 39.2 Å². The van der Waals surface area contributed by atoms with Crippen LogP contribution in [0.4, 0.5) is 0 Å². The number of hydrogen-bond acceptors (Lipinski definition) is 10. The van der Waals surface area contributed by atoms with Crippen molar-refractivity contribution in [2.24, 2.45) is 5.11 Å². The minimum absolute atomic E-state index is 0.292. The first-order valence-corrected chi connectivity index (χ1v) is 10.4. The van der Waals surface area contributed by atoms with Gasteiger partial charge in [0, 0.05) is 35.6 Å². The van der Waals surface area contributed by atoms with Gasteiger partial charge in [-0.2, -0.15) is 5.26 Å². The summed E-state index contributed by atoms with van der Waals surface area (Å²) in [5, 5.41) is 13.2. The molecule has 170 valence electrons. The van der Waals surface area contributed by atoms with Crippen molar-refractivity contribution in [1.82, 2.24) is 0 Å². The highest BCUT2D eigenvalue weighted by atomic mass is 35.5. The number of carbonyl (C=O) groups excluding carboxylic acids is 3. The second kappa shape index (κ2) is 11.6. The Morgan fingerprint density at radius 3 is 2.41 bits per heavy atom. The molecule has 0 spiro atoms. The fourth-order valence-corrected chi connectivity index (χ4v) is 4.51. The Morgan fingerprint density at radius 2 is 1.84 bits per heavy atom. The third-order valence-corrected chi connectivity index (χ3v) is 5.45. The Hall–Kier alpha value is -2.97. The molecule has 5 atom stereocenters. The van der Waals surface area contributed by atoms with Crippen molar-refractivity contribution in [3.8, 4) is 6.07 Å². The number of ether oxygens (including phenoxy) is 4. The minimum Gasteiger partial charge on any atom is -0.463 e. The second-order valence-corrected chi connectivity index (χ2v) is 8.20. The van der Waals surface area contributed by atoms with Gasteiger partial charge in [0.15, 0.2) is 0 Å². The summed E-state index contributed by atoms with van der Waals surface area (Å²) in [6, 6.07) is 5.39. The third-order valence-electron chi connectivity index (χ3n) is 4.11. The number of nitriles is 1. The van der Waals surface area contributed by atoms with Gasteiger partial charge in [-0.25, -0.2) is 0 Å². The number of thioether (sulfide) groups is 1. The molecule has 0 aliphatic carbocycles. The Morgan fingerprint density at radius 1 is 1.19 bits per heavy atom. The predicted molar refractivity (Wildman–Crippen MR) is 111 cm³/mol. The van der Waals surface area contributed by atoms with Crippen LogP contribution in [0.3, 0.4) is 0 Å². The van der Waals surface area contributed by atoms with E-state index in [2.05, 4.69) is 10.0 Å². The molecule has 1 aliphatic rings. The highest BCUT2D eigenvalue weighted by Gasteiger charge is 2.50. The fourth-order valence-electron chi connectivity index (χ4n) is 3.00. The molecule has 13 heteroatoms. The van der Waals surface area contributed by atoms with Crippen LogP contribution >= 0.6 is 23.4 Å². The van der Waals surface area contributed by atoms with E-state index in [0.717, 1.165) is 25.6 Å². The third kappa shape index (κ3) is 7.03. The molecule has 0 amide bonds. The molecule has 0 radical (unpaired) electrons. The molecule has 1 aromatic carbocycles. The lowest BCUT2D eigenvalue weighted by Crippen LogP contribution is -2.59. The standard InChI is InChI=1S/C19H19ClN4O7S/c1-9(25)28-8-15-17(29-10(2)26)16(23-24-22)18(30-11(3)27)19(31-15)32-14-5-12(7-21)4-13(20)6-14/h4-6,15-19H,8H2,1-3H3/t15?,16-,17-,18?,19+/m0/s1. The number of esters is 3. The molecule has 0 aromatic heterocycles. The Bertz CT molecular complexity index is 979. The largest absolute Gasteiger partial charge is 0.463 e. The average Bonchev–Trinajstić information content (AvgIpc) is 2.69. The molecule has 1 aromatic rings. The summed E-state index contributed by atoms with van der Waals surface area (Å²) >= 11 is 7.11. The topological polar surface area (TPSA) is 161 Å². The smallest absolute Gasteiger partial charge is 0.303 e. The normalized spacial score (nSPS) is 24.4. The van der Waals surface area contributed by atoms with Crippen LogP contribution in [0.2, 0.25) is 5.02 Å². The number of halogens is 1. The van der Waals surface area contributed by atoms with Gasteiger partial charge in [-0.3, -0.25) is 14.4 Å². The number of carbonyl (C=O) groups is 3. The summed E-state index contributed by atoms with van der Waals surface area (Å²) in [6.07, 6.45) is -3.40. The van der Waals surface area contributed by atoms with E-state index in [4.69, 9.17) is 36.1 Å². The van der Waals surface area contributed by atoms with Crippen LogP contribution < -0.4 is 0 Å². The quantitative estimate of drug-likeness (QED) is 0.187. The number of hydrogen-bond donors (Lipinski definition) is 0. The highest BCUT2D eigenvalue weighted by molar-refractivity contribution is 7.99. The average molecular weight is 483 g/mol. The van der Waals surface area contributed by atoms with E-state index in [0.29, 0.717) is 15.5 Å². The van der Waals surface area contributed by atoms with Crippen molar-refractivity contribution in [1.29, 1.82) is 5.26 Å². The first kappa shape index (κ1) is 25.3. The lowest BCUT2D eigenvalue weighted by atomic mass is 9.97. The molecule has 0 N–H and O–H groups in total. The van der Waals surface area contributed by atoms with E-state index in [1.807, 2.05) is 6.07 Å². The molecule has 1 aliphatic heterocycles. The summed E-state index contributed by atoms with van der Waals surface area (Å²) in [6.45, 7) is 3.19. The maximum atomic E-state index is 11.8. The van der Waals surface area contributed by atoms with Crippen LogP contribution in [-0.4, -0.2) is 54.3 Å². The summed E-state index contributed by atoms with van der Waals surface area (Å²) in [7, 11) is 0. The Balaban J connectivity index is 2.48. The zero-order valence-corrected chi connectivity index (χ0v) is 18.8. The van der Waals surface area contributed by atoms with Gasteiger partial charge in [0.1, 0.15) is 36.4 Å². The van der Waals surface area contributed by atoms with Gasteiger partial charge in [0.05, 0.1) is 11.6 Å². The Labute approximate surface area is 192 Å². The maximum absolute atomic E-state index is 11.8. The molecule has 2 rings (SSSR count). The van der Waals surface area contributed by atoms with Crippen LogP contribution in [0.15, 0.2) is 28.2 Å². The second-order valence-electron chi connectivity index (χ2n) is 6.59. The molecule has 1 saturated heterocycles. The minimum atomic E-state index is -1.20. The van der Waals surface area contributed by atoms with Crippen LogP contribution in [0.25, 0.3) is 10.4 Å². The molecule has 11 nitrogen and oxygen atoms in total. The van der Waals surface area contributed by atoms with E-state index in [1.54, 1.807) is 12.1 Å². The SMILES string of the molecule is CC(=O)OCC1O[C@H](Sc2cc(Cl)cc(C#N)c2)C(OC(C)=O)[C@@H](N=[N+]=[N-])[C@H]1OC(C)=O. The molecule has 0 saturated carbocycles. The van der Waals surface area contributed by atoms with E-state index in [1.165, 1.54) is 13.0 Å². The molecular formula is C19H19ClN4O7S. The van der Waals surface area contributed by atoms with Crippen molar-refractivity contribution >= 4 is 41.3 Å². The van der Waals surface area contributed by atoms with E-state index >= 15 is 0 Å². The van der Waals surface area contributed by atoms with Crippen LogP contribution in [0.1, 0.15) is 26.3 Å². The lowest BCUT2D eigenvalue weighted by molar-refractivity contribution is -0.201. The van der Waals surface area contributed by atoms with Gasteiger partial charge in [0.25, 0.3) is 0 Å². The summed E-state index contributed by atoms with van der Waals surface area (Å²) in [4.78, 5) is 38.1. The fraction of sp³-hybridized carbons (Fsp3) is 0.474. The molecular weight excluding hydrogens is 464 g/mol. The monoisotopic (exact) mass is 482 g/mol. The lowest BCUT2D eigenvalue weighted by Gasteiger charge is -2.43. The van der Waals surface area contributed by atoms with Crippen molar-refractivity contribution < 1.29 is 33.3 Å². The van der Waals surface area contributed by atoms with Crippen LogP contribution in [-0.2, 0) is 33.3 Å². The highest BCUT2D eigenvalue weighted by Crippen LogP contribution is 2.38. The number of azide groups is 1. The summed E-state index contributed by atoms with van der Waals surface area (Å²) < 4.78 is 21.6. The van der Waals surface area contributed by atoms with Gasteiger partial charge in [0.2, 0.25) is 0 Å². The first-order chi connectivity index (χ1) is 15.1.